The predicted octanol–water partition coefficient (Wildman–Crippen LogP) is 3.65. The summed E-state index contributed by atoms with van der Waals surface area (Å²) in [4.78, 5) is 12.4. The number of carboxylic acid groups (broad SMARTS) is 1. The zero-order valence-electron chi connectivity index (χ0n) is 10.6. The van der Waals surface area contributed by atoms with Crippen molar-refractivity contribution in [3.05, 3.63) is 71.3 Å². The minimum absolute atomic E-state index is 0.146. The van der Waals surface area contributed by atoms with Gasteiger partial charge in [-0.1, -0.05) is 24.3 Å². The van der Waals surface area contributed by atoms with Crippen molar-refractivity contribution in [2.24, 2.45) is 0 Å². The van der Waals surface area contributed by atoms with E-state index in [1.54, 1.807) is 0 Å². The molecule has 5 heteroatoms. The molecule has 0 spiro atoms. The van der Waals surface area contributed by atoms with Gasteiger partial charge in [-0.15, -0.1) is 0 Å². The van der Waals surface area contributed by atoms with Crippen LogP contribution in [0.3, 0.4) is 0 Å². The lowest BCUT2D eigenvalue weighted by molar-refractivity contribution is 0.139. The number of rotatable bonds is 4. The van der Waals surface area contributed by atoms with E-state index in [1.165, 1.54) is 53.4 Å². The summed E-state index contributed by atoms with van der Waals surface area (Å²) in [7, 11) is 0. The molecule has 0 heterocycles. The second-order valence-corrected chi connectivity index (χ2v) is 4.39. The van der Waals surface area contributed by atoms with Gasteiger partial charge in [0, 0.05) is 13.1 Å². The second-order valence-electron chi connectivity index (χ2n) is 4.39. The van der Waals surface area contributed by atoms with Crippen LogP contribution in [0, 0.1) is 11.6 Å². The molecule has 0 aliphatic rings. The summed E-state index contributed by atoms with van der Waals surface area (Å²) >= 11 is 0. The van der Waals surface area contributed by atoms with Crippen LogP contribution in [-0.2, 0) is 13.1 Å². The number of amides is 1. The first-order valence-corrected chi connectivity index (χ1v) is 6.01. The van der Waals surface area contributed by atoms with Gasteiger partial charge in [0.2, 0.25) is 0 Å². The van der Waals surface area contributed by atoms with Gasteiger partial charge in [-0.25, -0.2) is 13.6 Å². The number of hydrogen-bond acceptors (Lipinski definition) is 1. The zero-order chi connectivity index (χ0) is 14.5. The quantitative estimate of drug-likeness (QED) is 0.926. The van der Waals surface area contributed by atoms with Gasteiger partial charge in [-0.2, -0.15) is 0 Å². The number of benzene rings is 2. The maximum absolute atomic E-state index is 12.8. The number of carbonyl (C=O) groups is 1. The van der Waals surface area contributed by atoms with E-state index in [-0.39, 0.29) is 24.7 Å². The van der Waals surface area contributed by atoms with Crippen molar-refractivity contribution in [3.63, 3.8) is 0 Å². The van der Waals surface area contributed by atoms with Crippen LogP contribution in [0.15, 0.2) is 48.5 Å². The third-order valence-electron chi connectivity index (χ3n) is 2.84. The Kier molecular flexibility index (Phi) is 4.30. The van der Waals surface area contributed by atoms with Gasteiger partial charge in [0.15, 0.2) is 0 Å². The molecular formula is C15H13F2NO2. The third kappa shape index (κ3) is 3.78. The van der Waals surface area contributed by atoms with E-state index in [2.05, 4.69) is 0 Å². The van der Waals surface area contributed by atoms with E-state index in [4.69, 9.17) is 0 Å². The molecule has 2 aromatic carbocycles. The van der Waals surface area contributed by atoms with Gasteiger partial charge in [0.1, 0.15) is 11.6 Å². The van der Waals surface area contributed by atoms with E-state index in [0.29, 0.717) is 11.1 Å². The molecular weight excluding hydrogens is 264 g/mol. The Bertz CT molecular complexity index is 534. The molecule has 2 rings (SSSR count). The summed E-state index contributed by atoms with van der Waals surface area (Å²) in [5.74, 6) is -0.733. The highest BCUT2D eigenvalue weighted by Crippen LogP contribution is 2.12. The summed E-state index contributed by atoms with van der Waals surface area (Å²) in [5.41, 5.74) is 1.38. The minimum atomic E-state index is -1.08. The first-order chi connectivity index (χ1) is 9.54. The van der Waals surface area contributed by atoms with Crippen molar-refractivity contribution in [1.82, 2.24) is 4.90 Å². The summed E-state index contributed by atoms with van der Waals surface area (Å²) in [5, 5.41) is 9.18. The summed E-state index contributed by atoms with van der Waals surface area (Å²) in [6.45, 7) is 0.292. The first-order valence-electron chi connectivity index (χ1n) is 6.01. The fraction of sp³-hybridized carbons (Fsp3) is 0.133. The van der Waals surface area contributed by atoms with Gasteiger partial charge in [-0.3, -0.25) is 4.90 Å². The van der Waals surface area contributed by atoms with Crippen LogP contribution in [0.25, 0.3) is 0 Å². The first kappa shape index (κ1) is 14.0. The molecule has 0 aromatic heterocycles. The monoisotopic (exact) mass is 277 g/mol. The third-order valence-corrected chi connectivity index (χ3v) is 2.84. The summed E-state index contributed by atoms with van der Waals surface area (Å²) in [6.07, 6.45) is -1.08. The van der Waals surface area contributed by atoms with E-state index in [9.17, 15) is 18.7 Å². The molecule has 0 unspecified atom stereocenters. The van der Waals surface area contributed by atoms with Crippen molar-refractivity contribution < 1.29 is 18.7 Å². The number of hydrogen-bond donors (Lipinski definition) is 1. The molecule has 0 aliphatic carbocycles. The van der Waals surface area contributed by atoms with E-state index in [1.807, 2.05) is 0 Å². The fourth-order valence-electron chi connectivity index (χ4n) is 1.81. The van der Waals surface area contributed by atoms with Crippen LogP contribution in [0.1, 0.15) is 11.1 Å². The Morgan fingerprint density at radius 2 is 1.20 bits per heavy atom. The van der Waals surface area contributed by atoms with E-state index < -0.39 is 6.09 Å². The van der Waals surface area contributed by atoms with Crippen LogP contribution in [-0.4, -0.2) is 16.1 Å². The molecule has 0 saturated carbocycles. The molecule has 1 N–H and O–H groups in total. The van der Waals surface area contributed by atoms with E-state index >= 15 is 0 Å². The SMILES string of the molecule is O=C(O)N(Cc1ccc(F)cc1)Cc1ccc(F)cc1. The smallest absolute Gasteiger partial charge is 0.407 e. The summed E-state index contributed by atoms with van der Waals surface area (Å²) in [6, 6.07) is 11.3. The van der Waals surface area contributed by atoms with Crippen molar-refractivity contribution in [1.29, 1.82) is 0 Å². The Morgan fingerprint density at radius 1 is 0.850 bits per heavy atom. The largest absolute Gasteiger partial charge is 0.465 e. The van der Waals surface area contributed by atoms with Crippen molar-refractivity contribution >= 4 is 6.09 Å². The topological polar surface area (TPSA) is 40.5 Å². The minimum Gasteiger partial charge on any atom is -0.465 e. The van der Waals surface area contributed by atoms with Crippen molar-refractivity contribution in [2.45, 2.75) is 13.1 Å². The van der Waals surface area contributed by atoms with Gasteiger partial charge in [0.05, 0.1) is 0 Å². The highest BCUT2D eigenvalue weighted by molar-refractivity contribution is 5.65. The Labute approximate surface area is 115 Å². The highest BCUT2D eigenvalue weighted by Gasteiger charge is 2.13. The molecule has 2 aromatic rings. The van der Waals surface area contributed by atoms with Crippen molar-refractivity contribution in [2.75, 3.05) is 0 Å². The molecule has 0 bridgehead atoms. The van der Waals surface area contributed by atoms with Gasteiger partial charge >= 0.3 is 6.09 Å². The lowest BCUT2D eigenvalue weighted by atomic mass is 10.1. The lowest BCUT2D eigenvalue weighted by Crippen LogP contribution is -2.28. The molecule has 3 nitrogen and oxygen atoms in total. The van der Waals surface area contributed by atoms with Gasteiger partial charge < -0.3 is 5.11 Å². The Hall–Kier alpha value is -2.43. The highest BCUT2D eigenvalue weighted by atomic mass is 19.1. The molecule has 0 aliphatic heterocycles. The molecule has 0 radical (unpaired) electrons. The lowest BCUT2D eigenvalue weighted by Gasteiger charge is -2.19. The maximum Gasteiger partial charge on any atom is 0.407 e. The Morgan fingerprint density at radius 3 is 1.50 bits per heavy atom. The fourth-order valence-corrected chi connectivity index (χ4v) is 1.81. The van der Waals surface area contributed by atoms with Gasteiger partial charge in [-0.05, 0) is 35.4 Å². The molecule has 0 fully saturated rings. The van der Waals surface area contributed by atoms with Crippen LogP contribution in [0.5, 0.6) is 0 Å². The Balaban J connectivity index is 2.09. The summed E-state index contributed by atoms with van der Waals surface area (Å²) < 4.78 is 25.6. The zero-order valence-corrected chi connectivity index (χ0v) is 10.6. The predicted molar refractivity (Wildman–Crippen MR) is 70.1 cm³/mol. The average Bonchev–Trinajstić information content (AvgIpc) is 2.42. The average molecular weight is 277 g/mol. The number of nitrogens with zero attached hydrogens (tertiary/aromatic N) is 1. The maximum atomic E-state index is 12.8. The van der Waals surface area contributed by atoms with Crippen LogP contribution >= 0.6 is 0 Å². The van der Waals surface area contributed by atoms with Crippen LogP contribution in [0.4, 0.5) is 13.6 Å². The standard InChI is InChI=1S/C15H13F2NO2/c16-13-5-1-11(2-6-13)9-18(15(19)20)10-12-3-7-14(17)8-4-12/h1-8H,9-10H2,(H,19,20). The van der Waals surface area contributed by atoms with Gasteiger partial charge in [0.25, 0.3) is 0 Å². The molecule has 20 heavy (non-hydrogen) atoms. The molecule has 1 amide bonds. The second kappa shape index (κ2) is 6.14. The van der Waals surface area contributed by atoms with E-state index in [0.717, 1.165) is 0 Å². The molecule has 0 atom stereocenters. The normalized spacial score (nSPS) is 10.3. The number of halogens is 2. The van der Waals surface area contributed by atoms with Crippen molar-refractivity contribution in [3.8, 4) is 0 Å². The molecule has 104 valence electrons. The van der Waals surface area contributed by atoms with Crippen LogP contribution < -0.4 is 0 Å². The van der Waals surface area contributed by atoms with Crippen LogP contribution in [0.2, 0.25) is 0 Å². The molecule has 0 saturated heterocycles.